The largest absolute Gasteiger partial charge is 0.413 e. The van der Waals surface area contributed by atoms with Crippen molar-refractivity contribution in [3.8, 4) is 15.5 Å². The quantitative estimate of drug-likeness (QED) is 0.656. The number of urea groups is 1. The summed E-state index contributed by atoms with van der Waals surface area (Å²) in [6, 6.07) is 6.80. The van der Waals surface area contributed by atoms with Gasteiger partial charge in [-0.15, -0.1) is 0 Å². The number of benzene rings is 1. The first kappa shape index (κ1) is 18.2. The van der Waals surface area contributed by atoms with Crippen LogP contribution in [0.4, 0.5) is 19.7 Å². The van der Waals surface area contributed by atoms with Crippen LogP contribution in [0, 0.1) is 5.82 Å². The average Bonchev–Trinajstić information content (AvgIpc) is 2.97. The van der Waals surface area contributed by atoms with Gasteiger partial charge in [0.25, 0.3) is 0 Å². The molecule has 1 aromatic carbocycles. The van der Waals surface area contributed by atoms with Crippen molar-refractivity contribution in [2.75, 3.05) is 18.4 Å². The van der Waals surface area contributed by atoms with Crippen LogP contribution in [0.25, 0.3) is 10.4 Å². The molecule has 3 rings (SSSR count). The van der Waals surface area contributed by atoms with E-state index in [1.54, 1.807) is 18.2 Å². The van der Waals surface area contributed by atoms with Gasteiger partial charge >= 0.3 is 12.1 Å². The van der Waals surface area contributed by atoms with Crippen LogP contribution in [0.5, 0.6) is 5.06 Å². The van der Waals surface area contributed by atoms with E-state index < -0.39 is 12.1 Å². The van der Waals surface area contributed by atoms with Crippen LogP contribution < -0.4 is 26.4 Å². The van der Waals surface area contributed by atoms with Crippen molar-refractivity contribution < 1.29 is 18.7 Å². The van der Waals surface area contributed by atoms with Gasteiger partial charge < -0.3 is 26.4 Å². The first-order valence-corrected chi connectivity index (χ1v) is 8.98. The van der Waals surface area contributed by atoms with Gasteiger partial charge in [-0.05, 0) is 43.1 Å². The molecule has 0 bridgehead atoms. The summed E-state index contributed by atoms with van der Waals surface area (Å²) in [5.74, 6) is -0.384. The minimum atomic E-state index is -0.782. The summed E-state index contributed by atoms with van der Waals surface area (Å²) in [4.78, 5) is 24.0. The molecule has 3 amide bonds. The topological polar surface area (TPSA) is 105 Å². The van der Waals surface area contributed by atoms with Crippen LogP contribution in [0.2, 0.25) is 0 Å². The van der Waals surface area contributed by atoms with Crippen LogP contribution in [0.1, 0.15) is 12.8 Å². The van der Waals surface area contributed by atoms with Crippen molar-refractivity contribution in [1.82, 2.24) is 10.6 Å². The zero-order valence-corrected chi connectivity index (χ0v) is 14.7. The number of hydrogen-bond donors (Lipinski definition) is 4. The molecule has 1 atom stereocenters. The molecule has 1 aliphatic heterocycles. The molecule has 7 nitrogen and oxygen atoms in total. The normalized spacial score (nSPS) is 16.7. The summed E-state index contributed by atoms with van der Waals surface area (Å²) >= 11 is 1.12. The molecule has 138 valence electrons. The SMILES string of the molecule is NC(=O)Nc1cc(-c2cccc(F)c2)sc1OC(=O)N[C@H]1CCCNC1. The molecular weight excluding hydrogens is 359 g/mol. The van der Waals surface area contributed by atoms with Crippen LogP contribution in [-0.4, -0.2) is 31.3 Å². The van der Waals surface area contributed by atoms with Gasteiger partial charge in [-0.25, -0.2) is 14.0 Å². The third kappa shape index (κ3) is 4.70. The number of rotatable bonds is 4. The van der Waals surface area contributed by atoms with E-state index in [4.69, 9.17) is 10.5 Å². The predicted molar refractivity (Wildman–Crippen MR) is 98.0 cm³/mol. The molecule has 2 heterocycles. The van der Waals surface area contributed by atoms with E-state index in [0.29, 0.717) is 17.0 Å². The lowest BCUT2D eigenvalue weighted by molar-refractivity contribution is 0.194. The summed E-state index contributed by atoms with van der Waals surface area (Å²) in [7, 11) is 0. The highest BCUT2D eigenvalue weighted by molar-refractivity contribution is 7.18. The van der Waals surface area contributed by atoms with Gasteiger partial charge in [-0.1, -0.05) is 23.5 Å². The Morgan fingerprint density at radius 1 is 1.35 bits per heavy atom. The van der Waals surface area contributed by atoms with Gasteiger partial charge in [-0.3, -0.25) is 0 Å². The zero-order valence-electron chi connectivity index (χ0n) is 13.9. The van der Waals surface area contributed by atoms with Crippen molar-refractivity contribution in [3.05, 3.63) is 36.1 Å². The second kappa shape index (κ2) is 8.15. The summed E-state index contributed by atoms with van der Waals surface area (Å²) in [5.41, 5.74) is 6.04. The van der Waals surface area contributed by atoms with E-state index >= 15 is 0 Å². The number of primary amides is 1. The maximum Gasteiger partial charge on any atom is 0.413 e. The lowest BCUT2D eigenvalue weighted by atomic mass is 10.1. The average molecular weight is 378 g/mol. The van der Waals surface area contributed by atoms with Gasteiger partial charge in [0.1, 0.15) is 5.82 Å². The van der Waals surface area contributed by atoms with E-state index in [2.05, 4.69) is 16.0 Å². The van der Waals surface area contributed by atoms with E-state index in [0.717, 1.165) is 30.7 Å². The fourth-order valence-electron chi connectivity index (χ4n) is 2.71. The Labute approximate surface area is 153 Å². The zero-order chi connectivity index (χ0) is 18.5. The summed E-state index contributed by atoms with van der Waals surface area (Å²) in [6.45, 7) is 1.61. The second-order valence-electron chi connectivity index (χ2n) is 5.89. The van der Waals surface area contributed by atoms with Gasteiger partial charge in [0.15, 0.2) is 0 Å². The lowest BCUT2D eigenvalue weighted by Crippen LogP contribution is -2.46. The highest BCUT2D eigenvalue weighted by Crippen LogP contribution is 2.41. The number of piperidine rings is 1. The molecule has 26 heavy (non-hydrogen) atoms. The highest BCUT2D eigenvalue weighted by atomic mass is 32.1. The minimum Gasteiger partial charge on any atom is -0.397 e. The standard InChI is InChI=1S/C17H19FN4O3S/c18-11-4-1-3-10(7-11)14-8-13(22-16(19)23)15(26-14)25-17(24)21-12-5-2-6-20-9-12/h1,3-4,7-8,12,20H,2,5-6,9H2,(H,21,24)(H3,19,22,23)/t12-/m0/s1. The van der Waals surface area contributed by atoms with Crippen LogP contribution in [0.3, 0.4) is 0 Å². The first-order valence-electron chi connectivity index (χ1n) is 8.16. The lowest BCUT2D eigenvalue weighted by Gasteiger charge is -2.23. The fraction of sp³-hybridized carbons (Fsp3) is 0.294. The Morgan fingerprint density at radius 3 is 2.88 bits per heavy atom. The summed E-state index contributed by atoms with van der Waals surface area (Å²) in [6.07, 6.45) is 1.23. The van der Waals surface area contributed by atoms with Gasteiger partial charge in [0.05, 0.1) is 5.69 Å². The van der Waals surface area contributed by atoms with E-state index in [1.165, 1.54) is 12.1 Å². The second-order valence-corrected chi connectivity index (χ2v) is 6.90. The maximum atomic E-state index is 13.5. The molecule has 0 saturated carbocycles. The molecule has 0 aliphatic carbocycles. The number of carbonyl (C=O) groups excluding carboxylic acids is 2. The molecule has 1 fully saturated rings. The van der Waals surface area contributed by atoms with Crippen molar-refractivity contribution in [3.63, 3.8) is 0 Å². The molecule has 5 N–H and O–H groups in total. The number of thiophene rings is 1. The summed E-state index contributed by atoms with van der Waals surface area (Å²) in [5, 5.41) is 8.59. The number of nitrogens with two attached hydrogens (primary N) is 1. The maximum absolute atomic E-state index is 13.5. The third-order valence-corrected chi connectivity index (χ3v) is 4.93. The number of halogens is 1. The number of carbonyl (C=O) groups is 2. The molecule has 0 radical (unpaired) electrons. The van der Waals surface area contributed by atoms with Crippen molar-refractivity contribution >= 4 is 29.1 Å². The van der Waals surface area contributed by atoms with Crippen molar-refractivity contribution in [1.29, 1.82) is 0 Å². The minimum absolute atomic E-state index is 0.00792. The number of nitrogens with one attached hydrogen (secondary N) is 3. The molecule has 0 unspecified atom stereocenters. The first-order chi connectivity index (χ1) is 12.5. The Hall–Kier alpha value is -2.65. The van der Waals surface area contributed by atoms with Crippen LogP contribution in [0.15, 0.2) is 30.3 Å². The Balaban J connectivity index is 1.77. The van der Waals surface area contributed by atoms with E-state index in [9.17, 15) is 14.0 Å². The van der Waals surface area contributed by atoms with Crippen molar-refractivity contribution in [2.45, 2.75) is 18.9 Å². The Kier molecular flexibility index (Phi) is 5.69. The van der Waals surface area contributed by atoms with Crippen molar-refractivity contribution in [2.24, 2.45) is 5.73 Å². The molecule has 1 saturated heterocycles. The predicted octanol–water partition coefficient (Wildman–Crippen LogP) is 2.89. The number of amides is 3. The Morgan fingerprint density at radius 2 is 2.19 bits per heavy atom. The number of anilines is 1. The van der Waals surface area contributed by atoms with E-state index in [-0.39, 0.29) is 22.6 Å². The number of ether oxygens (including phenoxy) is 1. The fourth-order valence-corrected chi connectivity index (χ4v) is 3.67. The van der Waals surface area contributed by atoms with Gasteiger partial charge in [0.2, 0.25) is 5.06 Å². The smallest absolute Gasteiger partial charge is 0.397 e. The van der Waals surface area contributed by atoms with Gasteiger partial charge in [-0.2, -0.15) is 0 Å². The van der Waals surface area contributed by atoms with Crippen LogP contribution in [-0.2, 0) is 0 Å². The van der Waals surface area contributed by atoms with E-state index in [1.807, 2.05) is 0 Å². The number of hydrogen-bond acceptors (Lipinski definition) is 5. The highest BCUT2D eigenvalue weighted by Gasteiger charge is 2.20. The molecule has 1 aromatic heterocycles. The molecule has 2 aromatic rings. The molecule has 0 spiro atoms. The van der Waals surface area contributed by atoms with Gasteiger partial charge in [0, 0.05) is 17.5 Å². The monoisotopic (exact) mass is 378 g/mol. The molecule has 1 aliphatic rings. The van der Waals surface area contributed by atoms with Crippen LogP contribution >= 0.6 is 11.3 Å². The summed E-state index contributed by atoms with van der Waals surface area (Å²) < 4.78 is 18.8. The Bertz CT molecular complexity index is 805. The molecular formula is C17H19FN4O3S. The third-order valence-electron chi connectivity index (χ3n) is 3.87. The molecule has 9 heteroatoms.